The largest absolute Gasteiger partial charge is 0.444 e. The molecular weight excluding hydrogens is 208 g/mol. The third kappa shape index (κ3) is 5.92. The van der Waals surface area contributed by atoms with E-state index in [-0.39, 0.29) is 6.04 Å². The molecule has 0 spiro atoms. The molecule has 0 saturated heterocycles. The van der Waals surface area contributed by atoms with Gasteiger partial charge in [-0.25, -0.2) is 4.79 Å². The minimum atomic E-state index is -0.711. The fourth-order valence-electron chi connectivity index (χ4n) is 1.21. The van der Waals surface area contributed by atoms with Gasteiger partial charge in [-0.1, -0.05) is 6.92 Å². The van der Waals surface area contributed by atoms with Crippen LogP contribution in [0, 0.1) is 0 Å². The average molecular weight is 232 g/mol. The summed E-state index contributed by atoms with van der Waals surface area (Å²) >= 11 is 0. The highest BCUT2D eigenvalue weighted by molar-refractivity contribution is 5.68. The number of carbonyl (C=O) groups is 1. The van der Waals surface area contributed by atoms with Crippen molar-refractivity contribution in [2.45, 2.75) is 52.0 Å². The molecule has 0 aromatic rings. The van der Waals surface area contributed by atoms with E-state index >= 15 is 0 Å². The second-order valence-electron chi connectivity index (χ2n) is 5.04. The van der Waals surface area contributed by atoms with E-state index in [0.29, 0.717) is 6.42 Å². The second-order valence-corrected chi connectivity index (χ2v) is 5.04. The van der Waals surface area contributed by atoms with E-state index in [1.165, 1.54) is 0 Å². The van der Waals surface area contributed by atoms with Gasteiger partial charge in [-0.05, 0) is 41.3 Å². The molecular formula is C11H24N2O3. The van der Waals surface area contributed by atoms with Gasteiger partial charge in [-0.3, -0.25) is 4.90 Å². The zero-order valence-electron chi connectivity index (χ0n) is 11.1. The summed E-state index contributed by atoms with van der Waals surface area (Å²) in [5.74, 6) is 0. The van der Waals surface area contributed by atoms with Crippen molar-refractivity contribution in [3.8, 4) is 0 Å². The van der Waals surface area contributed by atoms with E-state index in [1.54, 1.807) is 39.8 Å². The number of rotatable bonds is 4. The van der Waals surface area contributed by atoms with Gasteiger partial charge in [0, 0.05) is 0 Å². The number of carbonyl (C=O) groups excluding carboxylic acids is 1. The van der Waals surface area contributed by atoms with Crippen molar-refractivity contribution in [1.82, 2.24) is 10.2 Å². The zero-order valence-corrected chi connectivity index (χ0v) is 11.1. The summed E-state index contributed by atoms with van der Waals surface area (Å²) in [5, 5.41) is 12.4. The molecule has 16 heavy (non-hydrogen) atoms. The summed E-state index contributed by atoms with van der Waals surface area (Å²) in [6.07, 6.45) is -0.573. The van der Waals surface area contributed by atoms with E-state index < -0.39 is 17.9 Å². The molecule has 2 atom stereocenters. The van der Waals surface area contributed by atoms with E-state index in [1.807, 2.05) is 6.92 Å². The Kier molecular flexibility index (Phi) is 5.75. The average Bonchev–Trinajstić information content (AvgIpc) is 2.09. The van der Waals surface area contributed by atoms with Gasteiger partial charge in [-0.2, -0.15) is 0 Å². The first-order valence-electron chi connectivity index (χ1n) is 5.51. The molecule has 0 aromatic heterocycles. The lowest BCUT2D eigenvalue weighted by Gasteiger charge is -2.29. The Morgan fingerprint density at radius 3 is 2.25 bits per heavy atom. The van der Waals surface area contributed by atoms with Gasteiger partial charge in [0.1, 0.15) is 11.8 Å². The maximum atomic E-state index is 11.5. The highest BCUT2D eigenvalue weighted by atomic mass is 16.6. The van der Waals surface area contributed by atoms with Crippen LogP contribution in [0.5, 0.6) is 0 Å². The standard InChI is InChI=1S/C11H24N2O3/c1-7-8(9(14)13(5)6)12-10(15)16-11(2,3)4/h8-9,14H,7H2,1-6H3,(H,12,15). The molecule has 0 aliphatic heterocycles. The minimum Gasteiger partial charge on any atom is -0.444 e. The Morgan fingerprint density at radius 2 is 1.94 bits per heavy atom. The molecule has 0 fully saturated rings. The predicted octanol–water partition coefficient (Wildman–Crippen LogP) is 1.17. The van der Waals surface area contributed by atoms with E-state index in [2.05, 4.69) is 5.32 Å². The number of alkyl carbamates (subject to hydrolysis) is 1. The molecule has 0 heterocycles. The molecule has 96 valence electrons. The monoisotopic (exact) mass is 232 g/mol. The van der Waals surface area contributed by atoms with E-state index in [9.17, 15) is 9.90 Å². The minimum absolute atomic E-state index is 0.329. The van der Waals surface area contributed by atoms with Crippen LogP contribution in [0.2, 0.25) is 0 Å². The summed E-state index contributed by atoms with van der Waals surface area (Å²) in [6.45, 7) is 7.30. The van der Waals surface area contributed by atoms with E-state index in [4.69, 9.17) is 4.74 Å². The molecule has 0 bridgehead atoms. The van der Waals surface area contributed by atoms with Crippen LogP contribution in [-0.2, 0) is 4.74 Å². The number of aliphatic hydroxyl groups is 1. The van der Waals surface area contributed by atoms with Crippen LogP contribution in [0.3, 0.4) is 0 Å². The first-order chi connectivity index (χ1) is 7.17. The number of aliphatic hydroxyl groups excluding tert-OH is 1. The van der Waals surface area contributed by atoms with Gasteiger partial charge < -0.3 is 15.2 Å². The third-order valence-electron chi connectivity index (χ3n) is 2.03. The van der Waals surface area contributed by atoms with Gasteiger partial charge in [0.2, 0.25) is 0 Å². The first-order valence-corrected chi connectivity index (χ1v) is 5.51. The topological polar surface area (TPSA) is 61.8 Å². The van der Waals surface area contributed by atoms with Gasteiger partial charge in [-0.15, -0.1) is 0 Å². The fourth-order valence-corrected chi connectivity index (χ4v) is 1.21. The summed E-state index contributed by atoms with van der Waals surface area (Å²) in [4.78, 5) is 13.1. The normalized spacial score (nSPS) is 15.8. The summed E-state index contributed by atoms with van der Waals surface area (Å²) < 4.78 is 5.12. The maximum absolute atomic E-state index is 11.5. The Labute approximate surface area is 97.8 Å². The SMILES string of the molecule is CCC(NC(=O)OC(C)(C)C)C(O)N(C)C. The fraction of sp³-hybridized carbons (Fsp3) is 0.909. The lowest BCUT2D eigenvalue weighted by atomic mass is 10.2. The summed E-state index contributed by atoms with van der Waals surface area (Å²) in [6, 6.07) is -0.329. The van der Waals surface area contributed by atoms with Crippen LogP contribution in [0.4, 0.5) is 4.79 Å². The molecule has 5 nitrogen and oxygen atoms in total. The van der Waals surface area contributed by atoms with Crippen molar-refractivity contribution < 1.29 is 14.6 Å². The molecule has 0 aliphatic carbocycles. The lowest BCUT2D eigenvalue weighted by Crippen LogP contribution is -2.50. The van der Waals surface area contributed by atoms with Crippen molar-refractivity contribution in [1.29, 1.82) is 0 Å². The molecule has 0 aromatic carbocycles. The Bertz CT molecular complexity index is 224. The van der Waals surface area contributed by atoms with Crippen molar-refractivity contribution >= 4 is 6.09 Å². The molecule has 2 N–H and O–H groups in total. The van der Waals surface area contributed by atoms with Crippen molar-refractivity contribution in [2.75, 3.05) is 14.1 Å². The summed E-state index contributed by atoms with van der Waals surface area (Å²) in [5.41, 5.74) is -0.522. The quantitative estimate of drug-likeness (QED) is 0.714. The number of amides is 1. The van der Waals surface area contributed by atoms with Crippen LogP contribution in [0.15, 0.2) is 0 Å². The van der Waals surface area contributed by atoms with Gasteiger partial charge in [0.25, 0.3) is 0 Å². The highest BCUT2D eigenvalue weighted by Crippen LogP contribution is 2.08. The first kappa shape index (κ1) is 15.2. The van der Waals surface area contributed by atoms with Gasteiger partial charge in [0.05, 0.1) is 6.04 Å². The van der Waals surface area contributed by atoms with Gasteiger partial charge in [0.15, 0.2) is 0 Å². The van der Waals surface area contributed by atoms with Crippen LogP contribution < -0.4 is 5.32 Å². The zero-order chi connectivity index (χ0) is 12.9. The highest BCUT2D eigenvalue weighted by Gasteiger charge is 2.24. The molecule has 0 saturated carbocycles. The van der Waals surface area contributed by atoms with Crippen LogP contribution in [0.25, 0.3) is 0 Å². The molecule has 2 unspecified atom stereocenters. The van der Waals surface area contributed by atoms with Crippen molar-refractivity contribution in [3.63, 3.8) is 0 Å². The molecule has 0 aliphatic rings. The van der Waals surface area contributed by atoms with Crippen LogP contribution in [0.1, 0.15) is 34.1 Å². The number of nitrogens with one attached hydrogen (secondary N) is 1. The number of likely N-dealkylation sites (N-methyl/N-ethyl adjacent to an activating group) is 1. The maximum Gasteiger partial charge on any atom is 0.408 e. The lowest BCUT2D eigenvalue weighted by molar-refractivity contribution is -0.00246. The molecule has 0 rings (SSSR count). The molecule has 0 radical (unpaired) electrons. The number of ether oxygens (including phenoxy) is 1. The Hall–Kier alpha value is -0.810. The van der Waals surface area contributed by atoms with Crippen molar-refractivity contribution in [2.24, 2.45) is 0 Å². The molecule has 1 amide bonds. The second kappa shape index (κ2) is 6.06. The van der Waals surface area contributed by atoms with Gasteiger partial charge >= 0.3 is 6.09 Å². The Morgan fingerprint density at radius 1 is 1.44 bits per heavy atom. The molecule has 5 heteroatoms. The predicted molar refractivity (Wildman–Crippen MR) is 63.1 cm³/mol. The number of hydrogen-bond donors (Lipinski definition) is 2. The smallest absolute Gasteiger partial charge is 0.408 e. The van der Waals surface area contributed by atoms with E-state index in [0.717, 1.165) is 0 Å². The van der Waals surface area contributed by atoms with Crippen molar-refractivity contribution in [3.05, 3.63) is 0 Å². The number of nitrogens with zero attached hydrogens (tertiary/aromatic N) is 1. The third-order valence-corrected chi connectivity index (χ3v) is 2.03. The summed E-state index contributed by atoms with van der Waals surface area (Å²) in [7, 11) is 3.51. The van der Waals surface area contributed by atoms with Crippen LogP contribution >= 0.6 is 0 Å². The van der Waals surface area contributed by atoms with Crippen LogP contribution in [-0.4, -0.2) is 48.1 Å². The Balaban J connectivity index is 4.28. The number of hydrogen-bond acceptors (Lipinski definition) is 4.